The Balaban J connectivity index is 2.07. The third-order valence-corrected chi connectivity index (χ3v) is 3.71. The third-order valence-electron chi connectivity index (χ3n) is 3.10. The topological polar surface area (TPSA) is 68.1 Å². The second-order valence-electron chi connectivity index (χ2n) is 4.68. The number of hydrogen-bond acceptors (Lipinski definition) is 5. The highest BCUT2D eigenvalue weighted by atomic mass is 32.2. The normalized spacial score (nSPS) is 10.4. The number of benzene rings is 1. The first-order valence-corrected chi connectivity index (χ1v) is 7.95. The number of nitrogens with zero attached hydrogens (tertiary/aromatic N) is 2. The fraction of sp³-hybridized carbons (Fsp3) is 0.267. The summed E-state index contributed by atoms with van der Waals surface area (Å²) in [5.41, 5.74) is 2.84. The van der Waals surface area contributed by atoms with E-state index >= 15 is 0 Å². The standard InChI is InChI=1S/C15H17N3O2S/c1-11-9-15(16-10-14(11)18(19)20)17-13-5-3-12(4-6-13)7-8-21-2/h3-6,9-10H,7-8H2,1-2H3,(H,16,17). The molecule has 110 valence electrons. The second kappa shape index (κ2) is 7.08. The molecule has 0 saturated carbocycles. The molecule has 1 N–H and O–H groups in total. The Kier molecular flexibility index (Phi) is 5.16. The van der Waals surface area contributed by atoms with Gasteiger partial charge in [-0.1, -0.05) is 12.1 Å². The number of thioether (sulfide) groups is 1. The van der Waals surface area contributed by atoms with Gasteiger partial charge in [-0.15, -0.1) is 0 Å². The number of aryl methyl sites for hydroxylation is 2. The number of aromatic nitrogens is 1. The minimum Gasteiger partial charge on any atom is -0.340 e. The molecule has 6 heteroatoms. The molecule has 0 bridgehead atoms. The minimum absolute atomic E-state index is 0.0352. The zero-order valence-electron chi connectivity index (χ0n) is 12.0. The summed E-state index contributed by atoms with van der Waals surface area (Å²) in [6.45, 7) is 1.70. The van der Waals surface area contributed by atoms with Crippen molar-refractivity contribution < 1.29 is 4.92 Å². The van der Waals surface area contributed by atoms with E-state index in [4.69, 9.17) is 0 Å². The first-order valence-electron chi connectivity index (χ1n) is 6.56. The molecule has 0 spiro atoms. The summed E-state index contributed by atoms with van der Waals surface area (Å²) in [4.78, 5) is 14.4. The van der Waals surface area contributed by atoms with E-state index in [1.54, 1.807) is 13.0 Å². The number of rotatable bonds is 6. The number of nitro groups is 1. The predicted octanol–water partition coefficient (Wildman–Crippen LogP) is 3.95. The van der Waals surface area contributed by atoms with Gasteiger partial charge < -0.3 is 5.32 Å². The summed E-state index contributed by atoms with van der Waals surface area (Å²) in [5.74, 6) is 1.71. The van der Waals surface area contributed by atoms with Gasteiger partial charge in [-0.25, -0.2) is 4.98 Å². The summed E-state index contributed by atoms with van der Waals surface area (Å²) >= 11 is 1.83. The lowest BCUT2D eigenvalue weighted by Gasteiger charge is -2.07. The van der Waals surface area contributed by atoms with Crippen LogP contribution in [0.3, 0.4) is 0 Å². The molecule has 2 rings (SSSR count). The van der Waals surface area contributed by atoms with Gasteiger partial charge in [0.1, 0.15) is 12.0 Å². The highest BCUT2D eigenvalue weighted by Gasteiger charge is 2.11. The summed E-state index contributed by atoms with van der Waals surface area (Å²) in [6, 6.07) is 9.83. The number of pyridine rings is 1. The summed E-state index contributed by atoms with van der Waals surface area (Å²) in [5, 5.41) is 13.9. The Morgan fingerprint density at radius 1 is 1.33 bits per heavy atom. The number of hydrogen-bond donors (Lipinski definition) is 1. The molecule has 0 radical (unpaired) electrons. The van der Waals surface area contributed by atoms with Gasteiger partial charge in [0.2, 0.25) is 0 Å². The fourth-order valence-corrected chi connectivity index (χ4v) is 2.37. The van der Waals surface area contributed by atoms with E-state index in [9.17, 15) is 10.1 Å². The van der Waals surface area contributed by atoms with E-state index in [1.165, 1.54) is 11.8 Å². The van der Waals surface area contributed by atoms with E-state index in [2.05, 4.69) is 28.7 Å². The predicted molar refractivity (Wildman–Crippen MR) is 87.4 cm³/mol. The lowest BCUT2D eigenvalue weighted by molar-refractivity contribution is -0.385. The SMILES string of the molecule is CSCCc1ccc(Nc2cc(C)c([N+](=O)[O-])cn2)cc1. The van der Waals surface area contributed by atoms with Crippen LogP contribution >= 0.6 is 11.8 Å². The zero-order valence-corrected chi connectivity index (χ0v) is 12.8. The van der Waals surface area contributed by atoms with Gasteiger partial charge in [0, 0.05) is 11.3 Å². The maximum atomic E-state index is 10.8. The number of nitrogens with one attached hydrogen (secondary N) is 1. The van der Waals surface area contributed by atoms with Crippen LogP contribution in [-0.2, 0) is 6.42 Å². The lowest BCUT2D eigenvalue weighted by atomic mass is 10.1. The van der Waals surface area contributed by atoms with Crippen LogP contribution in [0.2, 0.25) is 0 Å². The van der Waals surface area contributed by atoms with Crippen molar-refractivity contribution in [2.24, 2.45) is 0 Å². The molecular formula is C15H17N3O2S. The first kappa shape index (κ1) is 15.3. The van der Waals surface area contributed by atoms with Crippen molar-refractivity contribution in [3.05, 3.63) is 57.8 Å². The van der Waals surface area contributed by atoms with Crippen LogP contribution < -0.4 is 5.32 Å². The number of anilines is 2. The van der Waals surface area contributed by atoms with Gasteiger partial charge in [0.05, 0.1) is 4.92 Å². The van der Waals surface area contributed by atoms with Crippen molar-refractivity contribution in [3.63, 3.8) is 0 Å². The van der Waals surface area contributed by atoms with E-state index in [0.717, 1.165) is 17.9 Å². The molecular weight excluding hydrogens is 286 g/mol. The van der Waals surface area contributed by atoms with Gasteiger partial charge in [-0.2, -0.15) is 11.8 Å². The van der Waals surface area contributed by atoms with Crippen LogP contribution in [0, 0.1) is 17.0 Å². The van der Waals surface area contributed by atoms with Crippen LogP contribution in [0.5, 0.6) is 0 Å². The van der Waals surface area contributed by atoms with E-state index < -0.39 is 4.92 Å². The maximum Gasteiger partial charge on any atom is 0.290 e. The molecule has 5 nitrogen and oxygen atoms in total. The molecule has 0 fully saturated rings. The molecule has 21 heavy (non-hydrogen) atoms. The molecule has 0 aliphatic rings. The van der Waals surface area contributed by atoms with E-state index in [0.29, 0.717) is 11.4 Å². The van der Waals surface area contributed by atoms with Gasteiger partial charge in [-0.3, -0.25) is 10.1 Å². The van der Waals surface area contributed by atoms with Crippen molar-refractivity contribution in [3.8, 4) is 0 Å². The smallest absolute Gasteiger partial charge is 0.290 e. The van der Waals surface area contributed by atoms with Crippen LogP contribution in [0.25, 0.3) is 0 Å². The van der Waals surface area contributed by atoms with Crippen molar-refractivity contribution in [2.45, 2.75) is 13.3 Å². The molecule has 0 amide bonds. The van der Waals surface area contributed by atoms with Crippen molar-refractivity contribution in [1.82, 2.24) is 4.98 Å². The molecule has 0 aliphatic heterocycles. The Hall–Kier alpha value is -2.08. The Morgan fingerprint density at radius 3 is 2.62 bits per heavy atom. The Labute approximate surface area is 127 Å². The second-order valence-corrected chi connectivity index (χ2v) is 5.66. The van der Waals surface area contributed by atoms with E-state index in [-0.39, 0.29) is 5.69 Å². The molecule has 0 atom stereocenters. The van der Waals surface area contributed by atoms with E-state index in [1.807, 2.05) is 23.9 Å². The van der Waals surface area contributed by atoms with Crippen molar-refractivity contribution >= 4 is 29.0 Å². The van der Waals surface area contributed by atoms with Crippen molar-refractivity contribution in [1.29, 1.82) is 0 Å². The van der Waals surface area contributed by atoms with Crippen LogP contribution in [0.4, 0.5) is 17.2 Å². The molecule has 1 heterocycles. The largest absolute Gasteiger partial charge is 0.340 e. The highest BCUT2D eigenvalue weighted by molar-refractivity contribution is 7.98. The van der Waals surface area contributed by atoms with Gasteiger partial charge in [-0.05, 0) is 49.1 Å². The quantitative estimate of drug-likeness (QED) is 0.646. The Bertz CT molecular complexity index is 629. The first-order chi connectivity index (χ1) is 10.1. The van der Waals surface area contributed by atoms with Gasteiger partial charge in [0.25, 0.3) is 5.69 Å². The zero-order chi connectivity index (χ0) is 15.2. The summed E-state index contributed by atoms with van der Waals surface area (Å²) in [6.07, 6.45) is 4.43. The van der Waals surface area contributed by atoms with Gasteiger partial charge >= 0.3 is 0 Å². The molecule has 1 aromatic heterocycles. The average molecular weight is 303 g/mol. The molecule has 0 aliphatic carbocycles. The average Bonchev–Trinajstić information content (AvgIpc) is 2.46. The highest BCUT2D eigenvalue weighted by Crippen LogP contribution is 2.22. The minimum atomic E-state index is -0.424. The van der Waals surface area contributed by atoms with Crippen LogP contribution in [-0.4, -0.2) is 21.9 Å². The maximum absolute atomic E-state index is 10.8. The van der Waals surface area contributed by atoms with Crippen LogP contribution in [0.15, 0.2) is 36.5 Å². The summed E-state index contributed by atoms with van der Waals surface area (Å²) in [7, 11) is 0. The Morgan fingerprint density at radius 2 is 2.05 bits per heavy atom. The van der Waals surface area contributed by atoms with Gasteiger partial charge in [0.15, 0.2) is 0 Å². The lowest BCUT2D eigenvalue weighted by Crippen LogP contribution is -1.98. The van der Waals surface area contributed by atoms with Crippen LogP contribution in [0.1, 0.15) is 11.1 Å². The third kappa shape index (κ3) is 4.19. The molecule has 0 saturated heterocycles. The fourth-order valence-electron chi connectivity index (χ4n) is 1.93. The molecule has 2 aromatic rings. The molecule has 0 unspecified atom stereocenters. The summed E-state index contributed by atoms with van der Waals surface area (Å²) < 4.78 is 0. The monoisotopic (exact) mass is 303 g/mol. The van der Waals surface area contributed by atoms with Crippen molar-refractivity contribution in [2.75, 3.05) is 17.3 Å². The molecule has 1 aromatic carbocycles.